The number of ether oxygens (including phenoxy) is 1. The first-order valence-electron chi connectivity index (χ1n) is 8.77. The van der Waals surface area contributed by atoms with Crippen molar-refractivity contribution in [3.8, 4) is 5.75 Å². The molecule has 144 valence electrons. The topological polar surface area (TPSA) is 76.7 Å². The number of para-hydroxylation sites is 1. The zero-order valence-electron chi connectivity index (χ0n) is 15.4. The van der Waals surface area contributed by atoms with E-state index in [1.54, 1.807) is 48.7 Å². The fourth-order valence-corrected chi connectivity index (χ4v) is 2.78. The van der Waals surface area contributed by atoms with Gasteiger partial charge in [0, 0.05) is 11.6 Å². The summed E-state index contributed by atoms with van der Waals surface area (Å²) < 4.78 is 24.5. The number of methoxy groups -OCH3 is 1. The number of nitrogens with one attached hydrogen (secondary N) is 1. The van der Waals surface area contributed by atoms with Crippen LogP contribution in [-0.4, -0.2) is 18.0 Å². The Morgan fingerprint density at radius 3 is 2.66 bits per heavy atom. The third-order valence-corrected chi connectivity index (χ3v) is 4.17. The summed E-state index contributed by atoms with van der Waals surface area (Å²) in [6.45, 7) is 0. The first kappa shape index (κ1) is 18.4. The lowest BCUT2D eigenvalue weighted by Crippen LogP contribution is -2.22. The van der Waals surface area contributed by atoms with Crippen molar-refractivity contribution in [3.05, 3.63) is 89.9 Å². The third kappa shape index (κ3) is 3.98. The second-order valence-corrected chi connectivity index (χ2v) is 6.10. The molecular formula is C22H16FN3O3. The maximum Gasteiger partial charge on any atom is 0.262 e. The maximum absolute atomic E-state index is 13.2. The minimum Gasteiger partial charge on any atom is -0.493 e. The zero-order chi connectivity index (χ0) is 20.2. The lowest BCUT2D eigenvalue weighted by molar-refractivity contribution is 0.102. The SMILES string of the molecule is COc1cccc2cc(C(=O)Nc3ccccn3)c(=Nc3ccc(F)cc3)oc12. The molecule has 7 heteroatoms. The number of benzene rings is 2. The zero-order valence-corrected chi connectivity index (χ0v) is 15.4. The van der Waals surface area contributed by atoms with Crippen molar-refractivity contribution in [1.29, 1.82) is 0 Å². The van der Waals surface area contributed by atoms with Crippen LogP contribution in [0.1, 0.15) is 10.4 Å². The number of rotatable bonds is 4. The predicted molar refractivity (Wildman–Crippen MR) is 107 cm³/mol. The van der Waals surface area contributed by atoms with Crippen LogP contribution >= 0.6 is 0 Å². The van der Waals surface area contributed by atoms with Crippen molar-refractivity contribution < 1.29 is 18.3 Å². The summed E-state index contributed by atoms with van der Waals surface area (Å²) >= 11 is 0. The molecule has 0 saturated carbocycles. The summed E-state index contributed by atoms with van der Waals surface area (Å²) in [6.07, 6.45) is 1.58. The van der Waals surface area contributed by atoms with Gasteiger partial charge in [0.2, 0.25) is 5.55 Å². The van der Waals surface area contributed by atoms with Crippen molar-refractivity contribution in [2.24, 2.45) is 4.99 Å². The molecule has 0 fully saturated rings. The fourth-order valence-electron chi connectivity index (χ4n) is 2.78. The number of amides is 1. The van der Waals surface area contributed by atoms with Gasteiger partial charge >= 0.3 is 0 Å². The fraction of sp³-hybridized carbons (Fsp3) is 0.0455. The monoisotopic (exact) mass is 389 g/mol. The molecule has 0 atom stereocenters. The van der Waals surface area contributed by atoms with Crippen molar-refractivity contribution in [2.45, 2.75) is 0 Å². The first-order chi connectivity index (χ1) is 14.1. The van der Waals surface area contributed by atoms with E-state index in [-0.39, 0.29) is 16.9 Å². The molecule has 1 amide bonds. The maximum atomic E-state index is 13.2. The summed E-state index contributed by atoms with van der Waals surface area (Å²) in [5.41, 5.74) is 1.17. The van der Waals surface area contributed by atoms with E-state index in [9.17, 15) is 9.18 Å². The number of nitrogens with zero attached hydrogens (tertiary/aromatic N) is 2. The Morgan fingerprint density at radius 2 is 1.93 bits per heavy atom. The number of hydrogen-bond donors (Lipinski definition) is 1. The molecule has 0 radical (unpaired) electrons. The number of hydrogen-bond acceptors (Lipinski definition) is 5. The van der Waals surface area contributed by atoms with E-state index < -0.39 is 5.91 Å². The molecule has 0 aliphatic carbocycles. The predicted octanol–water partition coefficient (Wildman–Crippen LogP) is 4.46. The quantitative estimate of drug-likeness (QED) is 0.559. The van der Waals surface area contributed by atoms with Gasteiger partial charge in [0.1, 0.15) is 17.2 Å². The van der Waals surface area contributed by atoms with Crippen LogP contribution in [0.2, 0.25) is 0 Å². The van der Waals surface area contributed by atoms with Gasteiger partial charge in [-0.2, -0.15) is 0 Å². The van der Waals surface area contributed by atoms with Crippen LogP contribution in [0.25, 0.3) is 11.0 Å². The Balaban J connectivity index is 1.89. The number of pyridine rings is 1. The molecule has 4 aromatic rings. The van der Waals surface area contributed by atoms with E-state index in [1.165, 1.54) is 31.4 Å². The lowest BCUT2D eigenvalue weighted by Gasteiger charge is -2.08. The molecule has 0 aliphatic rings. The van der Waals surface area contributed by atoms with E-state index in [1.807, 2.05) is 0 Å². The average Bonchev–Trinajstić information content (AvgIpc) is 2.75. The highest BCUT2D eigenvalue weighted by Gasteiger charge is 2.15. The van der Waals surface area contributed by atoms with E-state index >= 15 is 0 Å². The van der Waals surface area contributed by atoms with E-state index in [0.717, 1.165) is 0 Å². The molecule has 2 aromatic carbocycles. The molecule has 0 saturated heterocycles. The van der Waals surface area contributed by atoms with Gasteiger partial charge in [-0.05, 0) is 48.5 Å². The average molecular weight is 389 g/mol. The third-order valence-electron chi connectivity index (χ3n) is 4.17. The van der Waals surface area contributed by atoms with Gasteiger partial charge in [0.05, 0.1) is 12.8 Å². The van der Waals surface area contributed by atoms with Gasteiger partial charge in [0.15, 0.2) is 11.3 Å². The number of carbonyl (C=O) groups excluding carboxylic acids is 1. The summed E-state index contributed by atoms with van der Waals surface area (Å²) in [7, 11) is 1.53. The van der Waals surface area contributed by atoms with Crippen LogP contribution in [0, 0.1) is 5.82 Å². The number of fused-ring (bicyclic) bond motifs is 1. The van der Waals surface area contributed by atoms with Gasteiger partial charge in [-0.15, -0.1) is 0 Å². The Labute approximate surface area is 165 Å². The largest absolute Gasteiger partial charge is 0.493 e. The van der Waals surface area contributed by atoms with Crippen LogP contribution < -0.4 is 15.6 Å². The van der Waals surface area contributed by atoms with E-state index in [2.05, 4.69) is 15.3 Å². The van der Waals surface area contributed by atoms with Gasteiger partial charge in [0.25, 0.3) is 5.91 Å². The molecule has 2 aromatic heterocycles. The van der Waals surface area contributed by atoms with E-state index in [0.29, 0.717) is 28.2 Å². The Bertz CT molecular complexity index is 1240. The van der Waals surface area contributed by atoms with Crippen LogP contribution in [0.4, 0.5) is 15.9 Å². The highest BCUT2D eigenvalue weighted by molar-refractivity contribution is 6.05. The Kier molecular flexibility index (Phi) is 5.03. The van der Waals surface area contributed by atoms with Crippen molar-refractivity contribution in [2.75, 3.05) is 12.4 Å². The molecule has 0 aliphatic heterocycles. The minimum absolute atomic E-state index is 0.0713. The van der Waals surface area contributed by atoms with Crippen LogP contribution in [-0.2, 0) is 0 Å². The highest BCUT2D eigenvalue weighted by Crippen LogP contribution is 2.25. The van der Waals surface area contributed by atoms with Gasteiger partial charge in [-0.25, -0.2) is 14.4 Å². The second-order valence-electron chi connectivity index (χ2n) is 6.10. The Morgan fingerprint density at radius 1 is 1.10 bits per heavy atom. The summed E-state index contributed by atoms with van der Waals surface area (Å²) in [6, 6.07) is 17.8. The molecule has 0 spiro atoms. The Hall–Kier alpha value is -4.00. The molecular weight excluding hydrogens is 373 g/mol. The molecule has 6 nitrogen and oxygen atoms in total. The smallest absolute Gasteiger partial charge is 0.262 e. The summed E-state index contributed by atoms with van der Waals surface area (Å²) in [5, 5.41) is 3.40. The molecule has 1 N–H and O–H groups in total. The standard InChI is InChI=1S/C22H16FN3O3/c1-28-18-6-4-5-14-13-17(21(27)26-19-7-2-3-12-24-19)22(29-20(14)18)25-16-10-8-15(23)9-11-16/h2-13H,1H3,(H,24,26,27). The first-order valence-corrected chi connectivity index (χ1v) is 8.77. The van der Waals surface area contributed by atoms with Gasteiger partial charge < -0.3 is 14.5 Å². The second kappa shape index (κ2) is 7.93. The van der Waals surface area contributed by atoms with Crippen LogP contribution in [0.3, 0.4) is 0 Å². The highest BCUT2D eigenvalue weighted by atomic mass is 19.1. The number of aromatic nitrogens is 1. The number of carbonyl (C=O) groups is 1. The number of halogens is 1. The normalized spacial score (nSPS) is 11.4. The van der Waals surface area contributed by atoms with Crippen molar-refractivity contribution >= 4 is 28.4 Å². The molecule has 0 bridgehead atoms. The van der Waals surface area contributed by atoms with Crippen molar-refractivity contribution in [1.82, 2.24) is 4.98 Å². The van der Waals surface area contributed by atoms with Gasteiger partial charge in [-0.1, -0.05) is 18.2 Å². The lowest BCUT2D eigenvalue weighted by atomic mass is 10.1. The molecule has 2 heterocycles. The molecule has 0 unspecified atom stereocenters. The summed E-state index contributed by atoms with van der Waals surface area (Å²) in [5.74, 6) is 0.0953. The van der Waals surface area contributed by atoms with Crippen LogP contribution in [0.5, 0.6) is 5.75 Å². The number of anilines is 1. The molecule has 29 heavy (non-hydrogen) atoms. The van der Waals surface area contributed by atoms with Crippen molar-refractivity contribution in [3.63, 3.8) is 0 Å². The van der Waals surface area contributed by atoms with Gasteiger partial charge in [-0.3, -0.25) is 4.79 Å². The summed E-state index contributed by atoms with van der Waals surface area (Å²) in [4.78, 5) is 21.4. The molecule has 4 rings (SSSR count). The van der Waals surface area contributed by atoms with Crippen LogP contribution in [0.15, 0.2) is 82.3 Å². The van der Waals surface area contributed by atoms with E-state index in [4.69, 9.17) is 9.15 Å². The minimum atomic E-state index is -0.432.